The Morgan fingerprint density at radius 1 is 1.29 bits per heavy atom. The average Bonchev–Trinajstić information content (AvgIpc) is 2.22. The van der Waals surface area contributed by atoms with E-state index >= 15 is 0 Å². The Labute approximate surface area is 98.6 Å². The summed E-state index contributed by atoms with van der Waals surface area (Å²) in [5.74, 6) is -1.27. The molecule has 0 aliphatic heterocycles. The van der Waals surface area contributed by atoms with Gasteiger partial charge in [-0.1, -0.05) is 26.7 Å². The first kappa shape index (κ1) is 16.2. The molecule has 0 amide bonds. The lowest BCUT2D eigenvalue weighted by Crippen LogP contribution is -2.40. The molecule has 2 N–H and O–H groups in total. The highest BCUT2D eigenvalue weighted by Crippen LogP contribution is 2.38. The van der Waals surface area contributed by atoms with Crippen molar-refractivity contribution in [1.82, 2.24) is 0 Å². The van der Waals surface area contributed by atoms with E-state index in [1.54, 1.807) is 0 Å². The normalized spacial score (nSPS) is 17.5. The van der Waals surface area contributed by atoms with Gasteiger partial charge in [0.1, 0.15) is 0 Å². The predicted octanol–water partition coefficient (Wildman–Crippen LogP) is 2.97. The molecule has 102 valence electrons. The Kier molecular flexibility index (Phi) is 5.95. The SMILES string of the molecule is CCCCC(CC)(CC(O)C(F)(F)F)C(=O)O. The van der Waals surface area contributed by atoms with Crippen LogP contribution in [0.5, 0.6) is 0 Å². The fourth-order valence-electron chi connectivity index (χ4n) is 1.77. The molecule has 0 aromatic carbocycles. The highest BCUT2D eigenvalue weighted by atomic mass is 19.4. The second-order valence-corrected chi connectivity index (χ2v) is 4.30. The number of aliphatic hydroxyl groups excluding tert-OH is 1. The number of hydrogen-bond acceptors (Lipinski definition) is 2. The van der Waals surface area contributed by atoms with E-state index in [2.05, 4.69) is 0 Å². The largest absolute Gasteiger partial charge is 0.481 e. The van der Waals surface area contributed by atoms with Gasteiger partial charge in [0.15, 0.2) is 6.10 Å². The lowest BCUT2D eigenvalue weighted by Gasteiger charge is -2.31. The van der Waals surface area contributed by atoms with Crippen LogP contribution in [0.1, 0.15) is 46.0 Å². The van der Waals surface area contributed by atoms with Gasteiger partial charge in [-0.3, -0.25) is 4.79 Å². The zero-order valence-electron chi connectivity index (χ0n) is 10.0. The highest BCUT2D eigenvalue weighted by molar-refractivity contribution is 5.74. The molecular weight excluding hydrogens is 237 g/mol. The number of carboxylic acid groups (broad SMARTS) is 1. The molecule has 0 fully saturated rings. The van der Waals surface area contributed by atoms with E-state index in [9.17, 15) is 18.0 Å². The van der Waals surface area contributed by atoms with Crippen LogP contribution in [0.3, 0.4) is 0 Å². The van der Waals surface area contributed by atoms with Crippen LogP contribution in [0, 0.1) is 5.41 Å². The molecule has 2 unspecified atom stereocenters. The van der Waals surface area contributed by atoms with Crippen LogP contribution in [0.2, 0.25) is 0 Å². The minimum atomic E-state index is -4.76. The van der Waals surface area contributed by atoms with Gasteiger partial charge in [-0.25, -0.2) is 0 Å². The number of unbranched alkanes of at least 4 members (excludes halogenated alkanes) is 1. The minimum Gasteiger partial charge on any atom is -0.481 e. The topological polar surface area (TPSA) is 57.5 Å². The van der Waals surface area contributed by atoms with Crippen LogP contribution in [-0.4, -0.2) is 28.5 Å². The van der Waals surface area contributed by atoms with Crippen molar-refractivity contribution >= 4 is 5.97 Å². The molecule has 0 saturated heterocycles. The summed E-state index contributed by atoms with van der Waals surface area (Å²) in [7, 11) is 0. The summed E-state index contributed by atoms with van der Waals surface area (Å²) >= 11 is 0. The van der Waals surface area contributed by atoms with Gasteiger partial charge < -0.3 is 10.2 Å². The molecule has 0 spiro atoms. The molecule has 0 bridgehead atoms. The standard InChI is InChI=1S/C11H19F3O3/c1-3-5-6-10(4-2,9(16)17)7-8(15)11(12,13)14/h8,15H,3-7H2,1-2H3,(H,16,17). The molecule has 0 aromatic rings. The molecule has 2 atom stereocenters. The van der Waals surface area contributed by atoms with Crippen molar-refractivity contribution < 1.29 is 28.2 Å². The first-order valence-electron chi connectivity index (χ1n) is 5.67. The van der Waals surface area contributed by atoms with Crippen molar-refractivity contribution in [2.24, 2.45) is 5.41 Å². The number of aliphatic hydroxyl groups is 1. The van der Waals surface area contributed by atoms with Gasteiger partial charge in [-0.15, -0.1) is 0 Å². The van der Waals surface area contributed by atoms with Crippen molar-refractivity contribution in [2.45, 2.75) is 58.2 Å². The number of aliphatic carboxylic acids is 1. The highest BCUT2D eigenvalue weighted by Gasteiger charge is 2.46. The Morgan fingerprint density at radius 2 is 1.82 bits per heavy atom. The Bertz CT molecular complexity index is 253. The van der Waals surface area contributed by atoms with Crippen molar-refractivity contribution in [3.63, 3.8) is 0 Å². The predicted molar refractivity (Wildman–Crippen MR) is 56.6 cm³/mol. The lowest BCUT2D eigenvalue weighted by molar-refractivity contribution is -0.215. The van der Waals surface area contributed by atoms with Crippen LogP contribution in [0.4, 0.5) is 13.2 Å². The first-order chi connectivity index (χ1) is 7.69. The third kappa shape index (κ3) is 4.53. The van der Waals surface area contributed by atoms with E-state index in [0.29, 0.717) is 12.8 Å². The van der Waals surface area contributed by atoms with Gasteiger partial charge in [0.25, 0.3) is 0 Å². The number of hydrogen-bond donors (Lipinski definition) is 2. The first-order valence-corrected chi connectivity index (χ1v) is 5.67. The maximum Gasteiger partial charge on any atom is 0.414 e. The fourth-order valence-corrected chi connectivity index (χ4v) is 1.77. The third-order valence-corrected chi connectivity index (χ3v) is 3.10. The third-order valence-electron chi connectivity index (χ3n) is 3.10. The van der Waals surface area contributed by atoms with E-state index in [1.807, 2.05) is 6.92 Å². The number of rotatable bonds is 7. The molecule has 0 radical (unpaired) electrons. The Morgan fingerprint density at radius 3 is 2.12 bits per heavy atom. The molecule has 0 rings (SSSR count). The van der Waals surface area contributed by atoms with E-state index in [1.165, 1.54) is 6.92 Å². The maximum absolute atomic E-state index is 12.3. The van der Waals surface area contributed by atoms with Crippen LogP contribution >= 0.6 is 0 Å². The molecule has 0 saturated carbocycles. The smallest absolute Gasteiger partial charge is 0.414 e. The number of carbonyl (C=O) groups is 1. The second-order valence-electron chi connectivity index (χ2n) is 4.30. The summed E-state index contributed by atoms with van der Waals surface area (Å²) in [5.41, 5.74) is -1.48. The molecular formula is C11H19F3O3. The van der Waals surface area contributed by atoms with Crippen molar-refractivity contribution in [1.29, 1.82) is 0 Å². The van der Waals surface area contributed by atoms with E-state index in [4.69, 9.17) is 10.2 Å². The van der Waals surface area contributed by atoms with Gasteiger partial charge in [0, 0.05) is 0 Å². The molecule has 0 aliphatic rings. The number of halogens is 3. The monoisotopic (exact) mass is 256 g/mol. The Balaban J connectivity index is 4.86. The molecule has 0 heterocycles. The van der Waals surface area contributed by atoms with Gasteiger partial charge >= 0.3 is 12.1 Å². The number of carboxylic acids is 1. The van der Waals surface area contributed by atoms with Crippen LogP contribution in [0.25, 0.3) is 0 Å². The van der Waals surface area contributed by atoms with Crippen LogP contribution in [-0.2, 0) is 4.79 Å². The van der Waals surface area contributed by atoms with Gasteiger partial charge in [0.05, 0.1) is 5.41 Å². The molecule has 17 heavy (non-hydrogen) atoms. The van der Waals surface area contributed by atoms with E-state index in [-0.39, 0.29) is 12.8 Å². The molecule has 0 aromatic heterocycles. The van der Waals surface area contributed by atoms with Crippen molar-refractivity contribution in [3.05, 3.63) is 0 Å². The minimum absolute atomic E-state index is 0.0788. The van der Waals surface area contributed by atoms with Gasteiger partial charge in [0.2, 0.25) is 0 Å². The molecule has 0 aliphatic carbocycles. The van der Waals surface area contributed by atoms with Gasteiger partial charge in [-0.2, -0.15) is 13.2 Å². The zero-order chi connectivity index (χ0) is 13.7. The van der Waals surface area contributed by atoms with Gasteiger partial charge in [-0.05, 0) is 19.3 Å². The summed E-state index contributed by atoms with van der Waals surface area (Å²) in [4.78, 5) is 11.1. The second kappa shape index (κ2) is 6.23. The van der Waals surface area contributed by atoms with Crippen LogP contribution in [0.15, 0.2) is 0 Å². The summed E-state index contributed by atoms with van der Waals surface area (Å²) in [6, 6.07) is 0. The quantitative estimate of drug-likeness (QED) is 0.736. The fraction of sp³-hybridized carbons (Fsp3) is 0.909. The summed E-state index contributed by atoms with van der Waals surface area (Å²) in [6.45, 7) is 3.37. The van der Waals surface area contributed by atoms with Crippen LogP contribution < -0.4 is 0 Å². The number of alkyl halides is 3. The summed E-state index contributed by atoms with van der Waals surface area (Å²) < 4.78 is 36.8. The maximum atomic E-state index is 12.3. The summed E-state index contributed by atoms with van der Waals surface area (Å²) in [6.07, 6.45) is -6.64. The zero-order valence-corrected chi connectivity index (χ0v) is 10.0. The average molecular weight is 256 g/mol. The van der Waals surface area contributed by atoms with E-state index in [0.717, 1.165) is 0 Å². The molecule has 6 heteroatoms. The molecule has 3 nitrogen and oxygen atoms in total. The lowest BCUT2D eigenvalue weighted by atomic mass is 9.75. The van der Waals surface area contributed by atoms with Crippen molar-refractivity contribution in [2.75, 3.05) is 0 Å². The Hall–Kier alpha value is -0.780. The summed E-state index contributed by atoms with van der Waals surface area (Å²) in [5, 5.41) is 18.1. The van der Waals surface area contributed by atoms with Crippen molar-refractivity contribution in [3.8, 4) is 0 Å². The van der Waals surface area contributed by atoms with E-state index < -0.39 is 30.1 Å².